The molecular weight excluding hydrogens is 212 g/mol. The summed E-state index contributed by atoms with van der Waals surface area (Å²) in [6, 6.07) is 3.39. The van der Waals surface area contributed by atoms with Gasteiger partial charge >= 0.3 is 5.97 Å². The first-order chi connectivity index (χ1) is 7.66. The summed E-state index contributed by atoms with van der Waals surface area (Å²) < 4.78 is 5.18. The molecule has 0 aliphatic heterocycles. The van der Waals surface area contributed by atoms with Gasteiger partial charge < -0.3 is 9.52 Å². The molecule has 0 spiro atoms. The number of furan rings is 1. The van der Waals surface area contributed by atoms with Gasteiger partial charge in [-0.2, -0.15) is 4.80 Å². The standard InChI is InChI=1S/C9H10N4O3/c1-13-11-9(10-12-13)6(5-8(14)15)7-3-2-4-16-7/h2-4,6H,5H2,1H3,(H,14,15). The molecule has 0 aliphatic rings. The molecule has 0 amide bonds. The third kappa shape index (κ3) is 2.08. The van der Waals surface area contributed by atoms with Crippen molar-refractivity contribution in [3.8, 4) is 0 Å². The van der Waals surface area contributed by atoms with E-state index in [1.807, 2.05) is 0 Å². The second-order valence-corrected chi connectivity index (χ2v) is 3.30. The zero-order valence-corrected chi connectivity index (χ0v) is 8.57. The van der Waals surface area contributed by atoms with Crippen molar-refractivity contribution in [2.75, 3.05) is 0 Å². The summed E-state index contributed by atoms with van der Waals surface area (Å²) in [6.07, 6.45) is 1.36. The van der Waals surface area contributed by atoms with Crippen molar-refractivity contribution >= 4 is 5.97 Å². The molecule has 1 atom stereocenters. The average molecular weight is 222 g/mol. The van der Waals surface area contributed by atoms with Crippen LogP contribution in [0.5, 0.6) is 0 Å². The van der Waals surface area contributed by atoms with Crippen LogP contribution in [0.3, 0.4) is 0 Å². The molecule has 0 aromatic carbocycles. The van der Waals surface area contributed by atoms with E-state index < -0.39 is 11.9 Å². The highest BCUT2D eigenvalue weighted by Gasteiger charge is 2.24. The highest BCUT2D eigenvalue weighted by atomic mass is 16.4. The molecule has 0 saturated carbocycles. The molecule has 2 aromatic rings. The van der Waals surface area contributed by atoms with Crippen LogP contribution in [-0.2, 0) is 11.8 Å². The van der Waals surface area contributed by atoms with Crippen molar-refractivity contribution in [3.63, 3.8) is 0 Å². The molecule has 0 aliphatic carbocycles. The van der Waals surface area contributed by atoms with E-state index in [4.69, 9.17) is 9.52 Å². The van der Waals surface area contributed by atoms with E-state index in [0.29, 0.717) is 11.6 Å². The first kappa shape index (κ1) is 10.3. The lowest BCUT2D eigenvalue weighted by atomic mass is 10.0. The van der Waals surface area contributed by atoms with Gasteiger partial charge in [-0.15, -0.1) is 10.2 Å². The maximum Gasteiger partial charge on any atom is 0.304 e. The number of carbonyl (C=O) groups is 1. The fourth-order valence-electron chi connectivity index (χ4n) is 1.42. The normalized spacial score (nSPS) is 12.6. The lowest BCUT2D eigenvalue weighted by Crippen LogP contribution is -2.09. The summed E-state index contributed by atoms with van der Waals surface area (Å²) in [5, 5.41) is 20.3. The Kier molecular flexibility index (Phi) is 2.67. The Labute approximate surface area is 90.7 Å². The predicted octanol–water partition coefficient (Wildman–Crippen LogP) is 0.410. The molecule has 0 fully saturated rings. The molecule has 0 radical (unpaired) electrons. The van der Waals surface area contributed by atoms with Crippen LogP contribution in [-0.4, -0.2) is 31.3 Å². The Morgan fingerprint density at radius 3 is 3.00 bits per heavy atom. The Morgan fingerprint density at radius 2 is 2.50 bits per heavy atom. The van der Waals surface area contributed by atoms with Crippen LogP contribution >= 0.6 is 0 Å². The van der Waals surface area contributed by atoms with Crippen LogP contribution in [0.25, 0.3) is 0 Å². The van der Waals surface area contributed by atoms with E-state index in [2.05, 4.69) is 15.4 Å². The molecule has 0 saturated heterocycles. The topological polar surface area (TPSA) is 94.0 Å². The van der Waals surface area contributed by atoms with Crippen molar-refractivity contribution in [3.05, 3.63) is 30.0 Å². The Morgan fingerprint density at radius 1 is 1.69 bits per heavy atom. The first-order valence-electron chi connectivity index (χ1n) is 4.66. The third-order valence-electron chi connectivity index (χ3n) is 2.10. The largest absolute Gasteiger partial charge is 0.481 e. The number of nitrogens with zero attached hydrogens (tertiary/aromatic N) is 4. The van der Waals surface area contributed by atoms with E-state index in [-0.39, 0.29) is 6.42 Å². The number of rotatable bonds is 4. The minimum atomic E-state index is -0.936. The van der Waals surface area contributed by atoms with Gasteiger partial charge in [-0.1, -0.05) is 0 Å². The number of tetrazole rings is 1. The van der Waals surface area contributed by atoms with E-state index in [1.165, 1.54) is 11.1 Å². The summed E-state index contributed by atoms with van der Waals surface area (Å²) in [6.45, 7) is 0. The molecule has 1 unspecified atom stereocenters. The van der Waals surface area contributed by atoms with Crippen LogP contribution in [0.15, 0.2) is 22.8 Å². The number of aromatic nitrogens is 4. The third-order valence-corrected chi connectivity index (χ3v) is 2.10. The number of hydrogen-bond acceptors (Lipinski definition) is 5. The Balaban J connectivity index is 2.31. The summed E-state index contributed by atoms with van der Waals surface area (Å²) in [5.74, 6) is -0.565. The number of hydrogen-bond donors (Lipinski definition) is 1. The summed E-state index contributed by atoms with van der Waals surface area (Å²) in [5.41, 5.74) is 0. The maximum atomic E-state index is 10.8. The maximum absolute atomic E-state index is 10.8. The number of aliphatic carboxylic acids is 1. The smallest absolute Gasteiger partial charge is 0.304 e. The SMILES string of the molecule is Cn1nnc(C(CC(=O)O)c2ccco2)n1. The second-order valence-electron chi connectivity index (χ2n) is 3.30. The molecule has 2 heterocycles. The van der Waals surface area contributed by atoms with Gasteiger partial charge in [0.1, 0.15) is 5.76 Å². The van der Waals surface area contributed by atoms with Crippen LogP contribution in [0.1, 0.15) is 23.9 Å². The molecule has 84 valence electrons. The molecule has 1 N–H and O–H groups in total. The van der Waals surface area contributed by atoms with Gasteiger partial charge in [-0.3, -0.25) is 4.79 Å². The zero-order valence-electron chi connectivity index (χ0n) is 8.57. The highest BCUT2D eigenvalue weighted by molar-refractivity contribution is 5.68. The molecule has 16 heavy (non-hydrogen) atoms. The average Bonchev–Trinajstić information content (AvgIpc) is 2.84. The fourth-order valence-corrected chi connectivity index (χ4v) is 1.42. The van der Waals surface area contributed by atoms with Gasteiger partial charge in [0, 0.05) is 0 Å². The number of aryl methyl sites for hydroxylation is 1. The minimum Gasteiger partial charge on any atom is -0.481 e. The van der Waals surface area contributed by atoms with Crippen molar-refractivity contribution in [2.45, 2.75) is 12.3 Å². The number of carboxylic acid groups (broad SMARTS) is 1. The predicted molar refractivity (Wildman–Crippen MR) is 51.6 cm³/mol. The van der Waals surface area contributed by atoms with Crippen molar-refractivity contribution in [2.24, 2.45) is 7.05 Å². The lowest BCUT2D eigenvalue weighted by Gasteiger charge is -2.06. The van der Waals surface area contributed by atoms with Crippen LogP contribution in [0.2, 0.25) is 0 Å². The first-order valence-corrected chi connectivity index (χ1v) is 4.66. The minimum absolute atomic E-state index is 0.126. The zero-order chi connectivity index (χ0) is 11.5. The second kappa shape index (κ2) is 4.13. The number of carboxylic acids is 1. The Hall–Kier alpha value is -2.18. The summed E-state index contributed by atoms with van der Waals surface area (Å²) in [4.78, 5) is 12.0. The van der Waals surface area contributed by atoms with Crippen molar-refractivity contribution < 1.29 is 14.3 Å². The molecular formula is C9H10N4O3. The Bertz CT molecular complexity index is 477. The molecule has 2 aromatic heterocycles. The van der Waals surface area contributed by atoms with E-state index in [1.54, 1.807) is 19.2 Å². The molecule has 7 nitrogen and oxygen atoms in total. The molecule has 0 bridgehead atoms. The van der Waals surface area contributed by atoms with Crippen LogP contribution < -0.4 is 0 Å². The van der Waals surface area contributed by atoms with Gasteiger partial charge in [-0.25, -0.2) is 0 Å². The van der Waals surface area contributed by atoms with E-state index in [0.717, 1.165) is 0 Å². The van der Waals surface area contributed by atoms with Gasteiger partial charge in [0.15, 0.2) is 5.82 Å². The lowest BCUT2D eigenvalue weighted by molar-refractivity contribution is -0.137. The van der Waals surface area contributed by atoms with Gasteiger partial charge in [0.05, 0.1) is 25.6 Å². The highest BCUT2D eigenvalue weighted by Crippen LogP contribution is 2.25. The summed E-state index contributed by atoms with van der Waals surface area (Å²) >= 11 is 0. The van der Waals surface area contributed by atoms with Crippen LogP contribution in [0, 0.1) is 0 Å². The van der Waals surface area contributed by atoms with E-state index in [9.17, 15) is 4.79 Å². The molecule has 7 heteroatoms. The van der Waals surface area contributed by atoms with Crippen molar-refractivity contribution in [1.82, 2.24) is 20.2 Å². The van der Waals surface area contributed by atoms with Crippen LogP contribution in [0.4, 0.5) is 0 Å². The quantitative estimate of drug-likeness (QED) is 0.805. The fraction of sp³-hybridized carbons (Fsp3) is 0.333. The van der Waals surface area contributed by atoms with Gasteiger partial charge in [0.25, 0.3) is 0 Å². The monoisotopic (exact) mass is 222 g/mol. The van der Waals surface area contributed by atoms with Gasteiger partial charge in [-0.05, 0) is 17.3 Å². The van der Waals surface area contributed by atoms with Gasteiger partial charge in [0.2, 0.25) is 0 Å². The van der Waals surface area contributed by atoms with E-state index >= 15 is 0 Å². The molecule has 2 rings (SSSR count). The summed E-state index contributed by atoms with van der Waals surface area (Å²) in [7, 11) is 1.62. The van der Waals surface area contributed by atoms with Crippen molar-refractivity contribution in [1.29, 1.82) is 0 Å².